The highest BCUT2D eigenvalue weighted by molar-refractivity contribution is 7.18. The third-order valence-corrected chi connectivity index (χ3v) is 4.10. The summed E-state index contributed by atoms with van der Waals surface area (Å²) >= 11 is 1.32. The van der Waals surface area contributed by atoms with E-state index in [-0.39, 0.29) is 11.7 Å². The van der Waals surface area contributed by atoms with Crippen LogP contribution in [-0.4, -0.2) is 40.8 Å². The molecule has 8 heteroatoms. The van der Waals surface area contributed by atoms with Gasteiger partial charge in [0.05, 0.1) is 6.54 Å². The van der Waals surface area contributed by atoms with E-state index in [1.54, 1.807) is 10.9 Å². The van der Waals surface area contributed by atoms with Crippen molar-refractivity contribution in [1.29, 1.82) is 0 Å². The lowest BCUT2D eigenvalue weighted by atomic mass is 10.4. The van der Waals surface area contributed by atoms with Crippen LogP contribution in [0.3, 0.4) is 0 Å². The Bertz CT molecular complexity index is 580. The molecule has 0 saturated carbocycles. The number of hydrogen-bond donors (Lipinski definition) is 2. The van der Waals surface area contributed by atoms with Gasteiger partial charge in [-0.25, -0.2) is 4.98 Å². The van der Waals surface area contributed by atoms with Gasteiger partial charge in [-0.2, -0.15) is 5.10 Å². The second-order valence-corrected chi connectivity index (χ2v) is 5.63. The van der Waals surface area contributed by atoms with Gasteiger partial charge >= 0.3 is 0 Å². The molecular weight excluding hydrogens is 288 g/mol. The predicted octanol–water partition coefficient (Wildman–Crippen LogP) is 1.20. The summed E-state index contributed by atoms with van der Waals surface area (Å²) in [5.74, 6) is 0.0999. The minimum Gasteiger partial charge on any atom is -0.382 e. The number of anilines is 2. The van der Waals surface area contributed by atoms with E-state index in [4.69, 9.17) is 5.73 Å². The summed E-state index contributed by atoms with van der Waals surface area (Å²) in [6.07, 6.45) is 4.57. The van der Waals surface area contributed by atoms with Crippen molar-refractivity contribution < 1.29 is 4.79 Å². The maximum atomic E-state index is 12.1. The second kappa shape index (κ2) is 7.07. The smallest absolute Gasteiger partial charge is 0.265 e. The van der Waals surface area contributed by atoms with Crippen molar-refractivity contribution in [3.63, 3.8) is 0 Å². The van der Waals surface area contributed by atoms with Gasteiger partial charge in [-0.05, 0) is 12.5 Å². The molecule has 2 rings (SSSR count). The van der Waals surface area contributed by atoms with Gasteiger partial charge in [0, 0.05) is 32.5 Å². The lowest BCUT2D eigenvalue weighted by Crippen LogP contribution is -2.27. The molecule has 2 aromatic rings. The van der Waals surface area contributed by atoms with Crippen LogP contribution in [0.15, 0.2) is 18.5 Å². The molecule has 0 aromatic carbocycles. The number of nitrogens with zero attached hydrogens (tertiary/aromatic N) is 4. The van der Waals surface area contributed by atoms with Crippen molar-refractivity contribution in [2.45, 2.75) is 19.9 Å². The normalized spacial score (nSPS) is 10.6. The SMILES string of the molecule is CCCN(C)c1nc(N)c(C(=O)NCCn2cccn2)s1. The van der Waals surface area contributed by atoms with Gasteiger partial charge in [0.15, 0.2) is 5.13 Å². The lowest BCUT2D eigenvalue weighted by Gasteiger charge is -2.13. The summed E-state index contributed by atoms with van der Waals surface area (Å²) < 4.78 is 1.76. The average molecular weight is 308 g/mol. The van der Waals surface area contributed by atoms with Crippen LogP contribution in [0.5, 0.6) is 0 Å². The van der Waals surface area contributed by atoms with Gasteiger partial charge in [0.2, 0.25) is 0 Å². The lowest BCUT2D eigenvalue weighted by molar-refractivity contribution is 0.0956. The Labute approximate surface area is 127 Å². The van der Waals surface area contributed by atoms with Crippen molar-refractivity contribution >= 4 is 28.2 Å². The highest BCUT2D eigenvalue weighted by Crippen LogP contribution is 2.27. The summed E-state index contributed by atoms with van der Waals surface area (Å²) in [6, 6.07) is 1.85. The van der Waals surface area contributed by atoms with E-state index >= 15 is 0 Å². The summed E-state index contributed by atoms with van der Waals surface area (Å²) in [4.78, 5) is 18.8. The molecule has 21 heavy (non-hydrogen) atoms. The number of carbonyl (C=O) groups excluding carboxylic acids is 1. The molecule has 0 aliphatic carbocycles. The van der Waals surface area contributed by atoms with E-state index in [0.717, 1.165) is 18.1 Å². The van der Waals surface area contributed by atoms with Crippen molar-refractivity contribution in [2.24, 2.45) is 0 Å². The van der Waals surface area contributed by atoms with E-state index in [1.807, 2.05) is 24.2 Å². The van der Waals surface area contributed by atoms with E-state index in [1.165, 1.54) is 11.3 Å². The zero-order valence-electron chi connectivity index (χ0n) is 12.2. The zero-order chi connectivity index (χ0) is 15.2. The van der Waals surface area contributed by atoms with Crippen molar-refractivity contribution in [1.82, 2.24) is 20.1 Å². The van der Waals surface area contributed by atoms with E-state index < -0.39 is 0 Å². The van der Waals surface area contributed by atoms with Crippen LogP contribution in [0.2, 0.25) is 0 Å². The Balaban J connectivity index is 1.92. The third kappa shape index (κ3) is 3.94. The monoisotopic (exact) mass is 308 g/mol. The fourth-order valence-electron chi connectivity index (χ4n) is 1.87. The molecule has 7 nitrogen and oxygen atoms in total. The van der Waals surface area contributed by atoms with Crippen molar-refractivity contribution in [2.75, 3.05) is 30.8 Å². The Morgan fingerprint density at radius 3 is 3.05 bits per heavy atom. The molecule has 0 bridgehead atoms. The van der Waals surface area contributed by atoms with Crippen LogP contribution in [0.1, 0.15) is 23.0 Å². The minimum atomic E-state index is -0.187. The number of carbonyl (C=O) groups is 1. The molecule has 2 heterocycles. The molecule has 0 spiro atoms. The quantitative estimate of drug-likeness (QED) is 0.802. The number of rotatable bonds is 7. The van der Waals surface area contributed by atoms with Crippen molar-refractivity contribution in [3.05, 3.63) is 23.3 Å². The van der Waals surface area contributed by atoms with Crippen LogP contribution in [0, 0.1) is 0 Å². The number of amides is 1. The molecule has 2 aromatic heterocycles. The fraction of sp³-hybridized carbons (Fsp3) is 0.462. The summed E-state index contributed by atoms with van der Waals surface area (Å²) in [5, 5.41) is 7.68. The molecule has 0 unspecified atom stereocenters. The van der Waals surface area contributed by atoms with Gasteiger partial charge in [-0.3, -0.25) is 9.48 Å². The minimum absolute atomic E-state index is 0.187. The number of aromatic nitrogens is 3. The first-order chi connectivity index (χ1) is 10.1. The van der Waals surface area contributed by atoms with E-state index in [9.17, 15) is 4.79 Å². The largest absolute Gasteiger partial charge is 0.382 e. The first-order valence-electron chi connectivity index (χ1n) is 6.85. The zero-order valence-corrected chi connectivity index (χ0v) is 13.1. The Morgan fingerprint density at radius 2 is 2.38 bits per heavy atom. The molecule has 0 aliphatic rings. The maximum absolute atomic E-state index is 12.1. The Morgan fingerprint density at radius 1 is 1.57 bits per heavy atom. The summed E-state index contributed by atoms with van der Waals surface area (Å²) in [5.41, 5.74) is 5.84. The number of thiazole rings is 1. The molecule has 3 N–H and O–H groups in total. The average Bonchev–Trinajstić information content (AvgIpc) is 3.08. The number of hydrogen-bond acceptors (Lipinski definition) is 6. The maximum Gasteiger partial charge on any atom is 0.265 e. The first kappa shape index (κ1) is 15.3. The van der Waals surface area contributed by atoms with E-state index in [2.05, 4.69) is 22.3 Å². The highest BCUT2D eigenvalue weighted by Gasteiger charge is 2.17. The predicted molar refractivity (Wildman–Crippen MR) is 84.6 cm³/mol. The standard InChI is InChI=1S/C13H20N6OS/c1-3-7-18(2)13-17-11(14)10(21-13)12(20)15-6-9-19-8-4-5-16-19/h4-5,8H,3,6-7,9,14H2,1-2H3,(H,15,20). The van der Waals surface area contributed by atoms with Gasteiger partial charge in [-0.15, -0.1) is 0 Å². The van der Waals surface area contributed by atoms with Crippen LogP contribution in [-0.2, 0) is 6.54 Å². The van der Waals surface area contributed by atoms with E-state index in [0.29, 0.717) is 18.0 Å². The van der Waals surface area contributed by atoms with Crippen LogP contribution >= 0.6 is 11.3 Å². The highest BCUT2D eigenvalue weighted by atomic mass is 32.1. The number of nitrogens with two attached hydrogens (primary N) is 1. The summed E-state index contributed by atoms with van der Waals surface area (Å²) in [7, 11) is 1.95. The first-order valence-corrected chi connectivity index (χ1v) is 7.66. The molecule has 0 atom stereocenters. The molecule has 0 aliphatic heterocycles. The Hall–Kier alpha value is -2.09. The topological polar surface area (TPSA) is 89.1 Å². The third-order valence-electron chi connectivity index (χ3n) is 2.92. The van der Waals surface area contributed by atoms with Gasteiger partial charge in [-0.1, -0.05) is 18.3 Å². The summed E-state index contributed by atoms with van der Waals surface area (Å²) in [6.45, 7) is 4.10. The molecule has 0 fully saturated rings. The van der Waals surface area contributed by atoms with Crippen LogP contribution in [0.25, 0.3) is 0 Å². The Kier molecular flexibility index (Phi) is 5.15. The number of nitrogen functional groups attached to an aromatic ring is 1. The molecule has 114 valence electrons. The van der Waals surface area contributed by atoms with Gasteiger partial charge in [0.25, 0.3) is 5.91 Å². The molecule has 0 saturated heterocycles. The van der Waals surface area contributed by atoms with Crippen LogP contribution in [0.4, 0.5) is 10.9 Å². The van der Waals surface area contributed by atoms with Crippen LogP contribution < -0.4 is 16.0 Å². The van der Waals surface area contributed by atoms with Crippen molar-refractivity contribution in [3.8, 4) is 0 Å². The molecular formula is C13H20N6OS. The second-order valence-electron chi connectivity index (χ2n) is 4.66. The molecule has 0 radical (unpaired) electrons. The fourth-order valence-corrected chi connectivity index (χ4v) is 2.76. The number of nitrogens with one attached hydrogen (secondary N) is 1. The molecule has 1 amide bonds. The van der Waals surface area contributed by atoms with Gasteiger partial charge in [0.1, 0.15) is 10.7 Å². The van der Waals surface area contributed by atoms with Gasteiger partial charge < -0.3 is 16.0 Å².